The van der Waals surface area contributed by atoms with Gasteiger partial charge in [-0.2, -0.15) is 0 Å². The lowest BCUT2D eigenvalue weighted by Crippen LogP contribution is -2.49. The summed E-state index contributed by atoms with van der Waals surface area (Å²) in [6, 6.07) is 0. The summed E-state index contributed by atoms with van der Waals surface area (Å²) in [6.07, 6.45) is 7.66. The number of carbonyl (C=O) groups is 1. The third-order valence-electron chi connectivity index (χ3n) is 5.10. The molecule has 4 unspecified atom stereocenters. The maximum absolute atomic E-state index is 12.4. The van der Waals surface area contributed by atoms with Gasteiger partial charge in [0.05, 0.1) is 6.61 Å². The van der Waals surface area contributed by atoms with Crippen molar-refractivity contribution in [2.45, 2.75) is 38.5 Å². The van der Waals surface area contributed by atoms with Gasteiger partial charge in [-0.25, -0.2) is 0 Å². The van der Waals surface area contributed by atoms with E-state index in [0.29, 0.717) is 30.4 Å². The predicted molar refractivity (Wildman–Crippen MR) is 65.3 cm³/mol. The van der Waals surface area contributed by atoms with Crippen molar-refractivity contribution in [2.24, 2.45) is 23.7 Å². The van der Waals surface area contributed by atoms with Crippen LogP contribution in [-0.4, -0.2) is 31.2 Å². The van der Waals surface area contributed by atoms with Gasteiger partial charge in [0.2, 0.25) is 5.91 Å². The molecule has 2 saturated carbocycles. The van der Waals surface area contributed by atoms with Crippen LogP contribution in [0.25, 0.3) is 0 Å². The summed E-state index contributed by atoms with van der Waals surface area (Å²) in [6.45, 7) is 1.36. The van der Waals surface area contributed by atoms with Crippen LogP contribution in [0.1, 0.15) is 38.5 Å². The van der Waals surface area contributed by atoms with Crippen molar-refractivity contribution < 1.29 is 9.53 Å². The van der Waals surface area contributed by atoms with Crippen LogP contribution in [0.4, 0.5) is 0 Å². The Morgan fingerprint density at radius 3 is 2.65 bits per heavy atom. The van der Waals surface area contributed by atoms with E-state index < -0.39 is 0 Å². The summed E-state index contributed by atoms with van der Waals surface area (Å²) in [7, 11) is 1.88. The van der Waals surface area contributed by atoms with Crippen LogP contribution in [0, 0.1) is 23.7 Å². The lowest BCUT2D eigenvalue weighted by molar-refractivity contribution is -0.154. The summed E-state index contributed by atoms with van der Waals surface area (Å²) in [5.74, 6) is 2.70. The first-order valence-corrected chi connectivity index (χ1v) is 7.10. The molecule has 96 valence electrons. The Bertz CT molecular complexity index is 303. The van der Waals surface area contributed by atoms with E-state index in [-0.39, 0.29) is 0 Å². The van der Waals surface area contributed by atoms with Crippen LogP contribution in [0.15, 0.2) is 0 Å². The van der Waals surface area contributed by atoms with Crippen molar-refractivity contribution >= 4 is 5.91 Å². The van der Waals surface area contributed by atoms with Crippen molar-refractivity contribution in [1.82, 2.24) is 4.90 Å². The van der Waals surface area contributed by atoms with Crippen LogP contribution in [-0.2, 0) is 9.53 Å². The van der Waals surface area contributed by atoms with Crippen LogP contribution in [0.3, 0.4) is 0 Å². The minimum Gasteiger partial charge on any atom is -0.361 e. The van der Waals surface area contributed by atoms with Gasteiger partial charge in [-0.15, -0.1) is 0 Å². The van der Waals surface area contributed by atoms with Crippen molar-refractivity contribution in [3.05, 3.63) is 0 Å². The Morgan fingerprint density at radius 2 is 1.82 bits per heavy atom. The van der Waals surface area contributed by atoms with Crippen LogP contribution in [0.2, 0.25) is 0 Å². The third kappa shape index (κ3) is 1.99. The zero-order valence-electron chi connectivity index (χ0n) is 10.7. The van der Waals surface area contributed by atoms with Gasteiger partial charge in [0, 0.05) is 13.0 Å². The first kappa shape index (κ1) is 11.5. The molecule has 0 aromatic heterocycles. The average molecular weight is 237 g/mol. The van der Waals surface area contributed by atoms with Crippen molar-refractivity contribution in [3.63, 3.8) is 0 Å². The van der Waals surface area contributed by atoms with Gasteiger partial charge >= 0.3 is 0 Å². The van der Waals surface area contributed by atoms with E-state index in [1.807, 2.05) is 7.05 Å². The molecule has 0 spiro atoms. The first-order valence-electron chi connectivity index (χ1n) is 7.10. The SMILES string of the molecule is CN1COCC2CCCC3CCCC(C1=O)C32. The molecule has 1 aliphatic heterocycles. The van der Waals surface area contributed by atoms with Gasteiger partial charge in [0.1, 0.15) is 6.73 Å². The molecule has 1 heterocycles. The van der Waals surface area contributed by atoms with Gasteiger partial charge in [0.25, 0.3) is 0 Å². The molecule has 2 aliphatic carbocycles. The second-order valence-corrected chi connectivity index (χ2v) is 6.10. The largest absolute Gasteiger partial charge is 0.361 e. The molecule has 0 N–H and O–H groups in total. The Labute approximate surface area is 104 Å². The number of nitrogens with zero attached hydrogens (tertiary/aromatic N) is 1. The molecule has 3 fully saturated rings. The van der Waals surface area contributed by atoms with Crippen molar-refractivity contribution in [1.29, 1.82) is 0 Å². The minimum absolute atomic E-state index is 0.299. The maximum Gasteiger partial charge on any atom is 0.227 e. The van der Waals surface area contributed by atoms with Crippen molar-refractivity contribution in [2.75, 3.05) is 20.4 Å². The summed E-state index contributed by atoms with van der Waals surface area (Å²) in [5.41, 5.74) is 0. The number of ether oxygens (including phenoxy) is 1. The number of amides is 1. The zero-order chi connectivity index (χ0) is 11.8. The van der Waals surface area contributed by atoms with Crippen LogP contribution in [0.5, 0.6) is 0 Å². The Morgan fingerprint density at radius 1 is 1.12 bits per heavy atom. The minimum atomic E-state index is 0.299. The van der Waals surface area contributed by atoms with E-state index in [4.69, 9.17) is 4.74 Å². The zero-order valence-corrected chi connectivity index (χ0v) is 10.7. The highest BCUT2D eigenvalue weighted by Gasteiger charge is 2.45. The smallest absolute Gasteiger partial charge is 0.227 e. The molecule has 0 bridgehead atoms. The van der Waals surface area contributed by atoms with Gasteiger partial charge in [0.15, 0.2) is 0 Å². The quantitative estimate of drug-likeness (QED) is 0.647. The van der Waals surface area contributed by atoms with Gasteiger partial charge in [-0.05, 0) is 30.6 Å². The topological polar surface area (TPSA) is 29.5 Å². The molecule has 3 rings (SSSR count). The predicted octanol–water partition coefficient (Wildman–Crippen LogP) is 2.27. The Hall–Kier alpha value is -0.570. The summed E-state index contributed by atoms with van der Waals surface area (Å²) in [5, 5.41) is 0. The van der Waals surface area contributed by atoms with Crippen LogP contribution < -0.4 is 0 Å². The normalized spacial score (nSPS) is 42.6. The number of hydrogen-bond acceptors (Lipinski definition) is 2. The lowest BCUT2D eigenvalue weighted by Gasteiger charge is -2.47. The second kappa shape index (κ2) is 4.60. The number of carbonyl (C=O) groups excluding carboxylic acids is 1. The fourth-order valence-corrected chi connectivity index (χ4v) is 4.37. The monoisotopic (exact) mass is 237 g/mol. The number of hydrogen-bond donors (Lipinski definition) is 0. The lowest BCUT2D eigenvalue weighted by atomic mass is 9.60. The maximum atomic E-state index is 12.4. The number of rotatable bonds is 0. The molecular weight excluding hydrogens is 214 g/mol. The summed E-state index contributed by atoms with van der Waals surface area (Å²) < 4.78 is 5.70. The van der Waals surface area contributed by atoms with Crippen molar-refractivity contribution in [3.8, 4) is 0 Å². The Kier molecular flexibility index (Phi) is 3.12. The molecule has 17 heavy (non-hydrogen) atoms. The van der Waals surface area contributed by atoms with Gasteiger partial charge in [-0.3, -0.25) is 4.79 Å². The van der Waals surface area contributed by atoms with Gasteiger partial charge < -0.3 is 9.64 Å². The highest BCUT2D eigenvalue weighted by atomic mass is 16.5. The third-order valence-corrected chi connectivity index (χ3v) is 5.10. The van der Waals surface area contributed by atoms with E-state index in [2.05, 4.69) is 0 Å². The Balaban J connectivity index is 1.87. The molecule has 0 aromatic carbocycles. The molecule has 0 aromatic rings. The molecule has 1 saturated heterocycles. The van der Waals surface area contributed by atoms with Crippen LogP contribution >= 0.6 is 0 Å². The molecule has 4 atom stereocenters. The summed E-state index contributed by atoms with van der Waals surface area (Å²) >= 11 is 0. The molecule has 1 amide bonds. The molecule has 3 heteroatoms. The molecule has 0 radical (unpaired) electrons. The molecule has 3 aliphatic rings. The van der Waals surface area contributed by atoms with E-state index >= 15 is 0 Å². The molecule has 3 nitrogen and oxygen atoms in total. The highest BCUT2D eigenvalue weighted by Crippen LogP contribution is 2.47. The molecular formula is C14H23NO2. The second-order valence-electron chi connectivity index (χ2n) is 6.10. The van der Waals surface area contributed by atoms with Gasteiger partial charge in [-0.1, -0.05) is 25.7 Å². The average Bonchev–Trinajstić information content (AvgIpc) is 2.36. The van der Waals surface area contributed by atoms with E-state index in [1.165, 1.54) is 32.1 Å². The highest BCUT2D eigenvalue weighted by molar-refractivity contribution is 5.79. The summed E-state index contributed by atoms with van der Waals surface area (Å²) in [4.78, 5) is 14.2. The first-order chi connectivity index (χ1) is 8.27. The van der Waals surface area contributed by atoms with E-state index in [9.17, 15) is 4.79 Å². The fourth-order valence-electron chi connectivity index (χ4n) is 4.37. The van der Waals surface area contributed by atoms with E-state index in [1.54, 1.807) is 4.90 Å². The van der Waals surface area contributed by atoms with E-state index in [0.717, 1.165) is 18.9 Å². The standard InChI is InChI=1S/C14H23NO2/c1-15-9-17-8-11-6-2-4-10-5-3-7-12(13(10)11)14(15)16/h10-13H,2-9H2,1H3. The fraction of sp³-hybridized carbons (Fsp3) is 0.929.